The Morgan fingerprint density at radius 2 is 1.90 bits per heavy atom. The van der Waals surface area contributed by atoms with Gasteiger partial charge in [0.05, 0.1) is 23.5 Å². The second-order valence-electron chi connectivity index (χ2n) is 6.93. The van der Waals surface area contributed by atoms with E-state index < -0.39 is 0 Å². The standard InChI is InChI=1S/C23H23ClN4O2S/c1-30-17-11-9-15(10-12-17)14-26-22(29)27-23-28(19-7-2-3-8-20(19)31-23)21-16(13-25)5-4-6-18(21)24/h2-12,23H,13-14,25H2,1H3,(H2,26,27,29). The summed E-state index contributed by atoms with van der Waals surface area (Å²) >= 11 is 8.14. The molecule has 0 saturated carbocycles. The van der Waals surface area contributed by atoms with E-state index in [1.807, 2.05) is 71.6 Å². The molecule has 0 spiro atoms. The van der Waals surface area contributed by atoms with Crippen LogP contribution >= 0.6 is 23.4 Å². The van der Waals surface area contributed by atoms with Gasteiger partial charge in [-0.15, -0.1) is 0 Å². The number of thioether (sulfide) groups is 1. The largest absolute Gasteiger partial charge is 0.497 e. The maximum absolute atomic E-state index is 12.7. The number of rotatable bonds is 6. The van der Waals surface area contributed by atoms with Gasteiger partial charge < -0.3 is 26.0 Å². The summed E-state index contributed by atoms with van der Waals surface area (Å²) in [5.74, 6) is 0.777. The van der Waals surface area contributed by atoms with Gasteiger partial charge in [0.1, 0.15) is 5.75 Å². The molecule has 3 aromatic carbocycles. The van der Waals surface area contributed by atoms with E-state index in [-0.39, 0.29) is 11.5 Å². The van der Waals surface area contributed by atoms with Crippen LogP contribution in [0, 0.1) is 0 Å². The minimum atomic E-state index is -0.363. The molecule has 0 bridgehead atoms. The molecular formula is C23H23ClN4O2S. The molecule has 31 heavy (non-hydrogen) atoms. The third-order valence-corrected chi connectivity index (χ3v) is 6.45. The van der Waals surface area contributed by atoms with E-state index in [9.17, 15) is 4.79 Å². The van der Waals surface area contributed by atoms with E-state index in [4.69, 9.17) is 22.1 Å². The molecule has 4 rings (SSSR count). The van der Waals surface area contributed by atoms with E-state index in [1.165, 1.54) is 0 Å². The highest BCUT2D eigenvalue weighted by atomic mass is 35.5. The van der Waals surface area contributed by atoms with Crippen molar-refractivity contribution in [3.05, 3.63) is 82.9 Å². The van der Waals surface area contributed by atoms with Gasteiger partial charge in [0.2, 0.25) is 0 Å². The average molecular weight is 455 g/mol. The van der Waals surface area contributed by atoms with Gasteiger partial charge in [0.25, 0.3) is 0 Å². The monoisotopic (exact) mass is 454 g/mol. The highest BCUT2D eigenvalue weighted by molar-refractivity contribution is 8.00. The van der Waals surface area contributed by atoms with Crippen molar-refractivity contribution in [3.63, 3.8) is 0 Å². The van der Waals surface area contributed by atoms with Gasteiger partial charge in [0.15, 0.2) is 5.50 Å². The van der Waals surface area contributed by atoms with Gasteiger partial charge >= 0.3 is 6.03 Å². The molecular weight excluding hydrogens is 432 g/mol. The fourth-order valence-electron chi connectivity index (χ4n) is 3.47. The molecule has 6 nitrogen and oxygen atoms in total. The molecule has 1 unspecified atom stereocenters. The SMILES string of the molecule is COc1ccc(CNC(=O)NC2Sc3ccccc3N2c2c(Cl)cccc2CN)cc1. The third kappa shape index (κ3) is 4.58. The molecule has 0 radical (unpaired) electrons. The van der Waals surface area contributed by atoms with Gasteiger partial charge in [0, 0.05) is 18.0 Å². The molecule has 2 amide bonds. The summed E-state index contributed by atoms with van der Waals surface area (Å²) in [5.41, 5.74) is 9.31. The van der Waals surface area contributed by atoms with Crippen molar-refractivity contribution in [1.29, 1.82) is 0 Å². The lowest BCUT2D eigenvalue weighted by Gasteiger charge is -2.30. The highest BCUT2D eigenvalue weighted by Gasteiger charge is 2.34. The number of nitrogens with one attached hydrogen (secondary N) is 2. The Labute approximate surface area is 190 Å². The minimum Gasteiger partial charge on any atom is -0.497 e. The number of halogens is 1. The number of ether oxygens (including phenoxy) is 1. The van der Waals surface area contributed by atoms with Crippen molar-refractivity contribution < 1.29 is 9.53 Å². The molecule has 3 aromatic rings. The van der Waals surface area contributed by atoms with Crippen molar-refractivity contribution in [2.24, 2.45) is 5.73 Å². The number of benzene rings is 3. The van der Waals surface area contributed by atoms with Crippen LogP contribution in [0.3, 0.4) is 0 Å². The first-order valence-electron chi connectivity index (χ1n) is 9.80. The van der Waals surface area contributed by atoms with Gasteiger partial charge in [-0.2, -0.15) is 0 Å². The van der Waals surface area contributed by atoms with Crippen LogP contribution in [0.5, 0.6) is 5.75 Å². The zero-order chi connectivity index (χ0) is 21.8. The van der Waals surface area contributed by atoms with E-state index in [0.29, 0.717) is 18.1 Å². The lowest BCUT2D eigenvalue weighted by atomic mass is 10.1. The number of anilines is 2. The molecule has 1 aliphatic rings. The summed E-state index contributed by atoms with van der Waals surface area (Å²) in [6.07, 6.45) is 0. The number of nitrogens with zero attached hydrogens (tertiary/aromatic N) is 1. The molecule has 0 fully saturated rings. The Morgan fingerprint density at radius 3 is 2.65 bits per heavy atom. The number of nitrogens with two attached hydrogens (primary N) is 1. The van der Waals surface area contributed by atoms with Crippen LogP contribution in [-0.4, -0.2) is 18.6 Å². The van der Waals surface area contributed by atoms with Crippen LogP contribution < -0.4 is 26.0 Å². The van der Waals surface area contributed by atoms with Crippen LogP contribution in [0.25, 0.3) is 0 Å². The smallest absolute Gasteiger partial charge is 0.317 e. The lowest BCUT2D eigenvalue weighted by molar-refractivity contribution is 0.240. The number of urea groups is 1. The average Bonchev–Trinajstić information content (AvgIpc) is 3.15. The molecule has 160 valence electrons. The Balaban J connectivity index is 1.53. The molecule has 1 aliphatic heterocycles. The summed E-state index contributed by atoms with van der Waals surface area (Å²) in [7, 11) is 1.62. The zero-order valence-electron chi connectivity index (χ0n) is 17.0. The molecule has 8 heteroatoms. The van der Waals surface area contributed by atoms with Crippen molar-refractivity contribution >= 4 is 40.8 Å². The number of amides is 2. The summed E-state index contributed by atoms with van der Waals surface area (Å²) in [4.78, 5) is 15.8. The number of para-hydroxylation sites is 2. The predicted octanol–water partition coefficient (Wildman–Crippen LogP) is 4.83. The number of fused-ring (bicyclic) bond motifs is 1. The third-order valence-electron chi connectivity index (χ3n) is 5.00. The molecule has 0 saturated heterocycles. The Hall–Kier alpha value is -2.87. The lowest BCUT2D eigenvalue weighted by Crippen LogP contribution is -2.46. The van der Waals surface area contributed by atoms with E-state index in [2.05, 4.69) is 10.6 Å². The number of carbonyl (C=O) groups excluding carboxylic acids is 1. The van der Waals surface area contributed by atoms with Crippen molar-refractivity contribution in [2.75, 3.05) is 12.0 Å². The van der Waals surface area contributed by atoms with Gasteiger partial charge in [-0.1, -0.05) is 59.8 Å². The topological polar surface area (TPSA) is 79.6 Å². The maximum atomic E-state index is 12.7. The second kappa shape index (κ2) is 9.51. The van der Waals surface area contributed by atoms with Gasteiger partial charge in [-0.3, -0.25) is 0 Å². The zero-order valence-corrected chi connectivity index (χ0v) is 18.5. The number of carbonyl (C=O) groups is 1. The number of hydrogen-bond acceptors (Lipinski definition) is 5. The Bertz CT molecular complexity index is 1080. The first-order valence-corrected chi connectivity index (χ1v) is 11.1. The molecule has 1 atom stereocenters. The normalized spacial score (nSPS) is 14.8. The van der Waals surface area contributed by atoms with Crippen LogP contribution in [0.4, 0.5) is 16.2 Å². The summed E-state index contributed by atoms with van der Waals surface area (Å²) in [6.45, 7) is 0.746. The van der Waals surface area contributed by atoms with Crippen LogP contribution in [0.15, 0.2) is 71.6 Å². The van der Waals surface area contributed by atoms with Crippen molar-refractivity contribution in [2.45, 2.75) is 23.5 Å². The molecule has 4 N–H and O–H groups in total. The van der Waals surface area contributed by atoms with E-state index in [0.717, 1.165) is 33.1 Å². The first-order chi connectivity index (χ1) is 15.1. The van der Waals surface area contributed by atoms with Gasteiger partial charge in [-0.05, 0) is 41.5 Å². The summed E-state index contributed by atoms with van der Waals surface area (Å²) in [6, 6.07) is 21.0. The Morgan fingerprint density at radius 1 is 1.13 bits per heavy atom. The summed E-state index contributed by atoms with van der Waals surface area (Å²) in [5, 5.41) is 6.57. The van der Waals surface area contributed by atoms with Crippen molar-refractivity contribution in [3.8, 4) is 5.75 Å². The predicted molar refractivity (Wildman–Crippen MR) is 126 cm³/mol. The molecule has 0 aromatic heterocycles. The number of hydrogen-bond donors (Lipinski definition) is 3. The highest BCUT2D eigenvalue weighted by Crippen LogP contribution is 2.49. The van der Waals surface area contributed by atoms with Crippen LogP contribution in [0.2, 0.25) is 5.02 Å². The maximum Gasteiger partial charge on any atom is 0.317 e. The number of methoxy groups -OCH3 is 1. The van der Waals surface area contributed by atoms with Crippen LogP contribution in [-0.2, 0) is 13.1 Å². The van der Waals surface area contributed by atoms with Gasteiger partial charge in [-0.25, -0.2) is 4.79 Å². The summed E-state index contributed by atoms with van der Waals surface area (Å²) < 4.78 is 5.17. The first kappa shape index (κ1) is 21.4. The van der Waals surface area contributed by atoms with Crippen LogP contribution in [0.1, 0.15) is 11.1 Å². The Kier molecular flexibility index (Phi) is 6.56. The van der Waals surface area contributed by atoms with E-state index >= 15 is 0 Å². The quantitative estimate of drug-likeness (QED) is 0.497. The fraction of sp³-hybridized carbons (Fsp3) is 0.174. The fourth-order valence-corrected chi connectivity index (χ4v) is 4.93. The molecule has 1 heterocycles. The molecule has 0 aliphatic carbocycles. The minimum absolute atomic E-state index is 0.271. The second-order valence-corrected chi connectivity index (χ2v) is 8.46. The van der Waals surface area contributed by atoms with Crippen molar-refractivity contribution in [1.82, 2.24) is 10.6 Å². The van der Waals surface area contributed by atoms with E-state index in [1.54, 1.807) is 18.9 Å².